The van der Waals surface area contributed by atoms with Crippen LogP contribution in [0.25, 0.3) is 0 Å². The molecule has 5 heteroatoms. The molecule has 1 aromatic rings. The molecule has 0 aliphatic carbocycles. The first-order chi connectivity index (χ1) is 8.53. The molecule has 0 amide bonds. The molecule has 0 saturated heterocycles. The maximum absolute atomic E-state index is 11.9. The Morgan fingerprint density at radius 1 is 1.28 bits per heavy atom. The lowest BCUT2D eigenvalue weighted by Crippen LogP contribution is -2.34. The minimum atomic E-state index is -3.17. The number of halogens is 1. The molecule has 1 N–H and O–H groups in total. The smallest absolute Gasteiger partial charge is 0.212 e. The van der Waals surface area contributed by atoms with Crippen LogP contribution in [0.15, 0.2) is 30.3 Å². The number of aryl methyl sites for hydroxylation is 1. The number of hydrogen-bond donors (Lipinski definition) is 1. The highest BCUT2D eigenvalue weighted by molar-refractivity contribution is 9.09. The number of hydrogen-bond acceptors (Lipinski definition) is 2. The molecule has 0 radical (unpaired) electrons. The van der Waals surface area contributed by atoms with Crippen molar-refractivity contribution in [2.75, 3.05) is 11.1 Å². The molecule has 0 aliphatic rings. The van der Waals surface area contributed by atoms with Gasteiger partial charge in [-0.25, -0.2) is 13.1 Å². The third-order valence-electron chi connectivity index (χ3n) is 2.65. The Morgan fingerprint density at radius 2 is 1.94 bits per heavy atom. The maximum Gasteiger partial charge on any atom is 0.212 e. The van der Waals surface area contributed by atoms with E-state index < -0.39 is 10.0 Å². The quantitative estimate of drug-likeness (QED) is 0.743. The first-order valence-electron chi connectivity index (χ1n) is 6.13. The van der Waals surface area contributed by atoms with Gasteiger partial charge in [0.15, 0.2) is 0 Å². The monoisotopic (exact) mass is 333 g/mol. The van der Waals surface area contributed by atoms with Crippen molar-refractivity contribution in [2.24, 2.45) is 0 Å². The summed E-state index contributed by atoms with van der Waals surface area (Å²) in [4.78, 5) is 0. The fourth-order valence-corrected chi connectivity index (χ4v) is 3.38. The molecule has 0 aromatic heterocycles. The van der Waals surface area contributed by atoms with Gasteiger partial charge < -0.3 is 0 Å². The van der Waals surface area contributed by atoms with Gasteiger partial charge in [0.05, 0.1) is 5.75 Å². The Balaban J connectivity index is 2.40. The molecular formula is C13H20BrNO2S. The van der Waals surface area contributed by atoms with Crippen molar-refractivity contribution in [1.29, 1.82) is 0 Å². The van der Waals surface area contributed by atoms with Gasteiger partial charge in [0.25, 0.3) is 0 Å². The van der Waals surface area contributed by atoms with Gasteiger partial charge >= 0.3 is 0 Å². The van der Waals surface area contributed by atoms with Gasteiger partial charge in [-0.3, -0.25) is 0 Å². The second-order valence-corrected chi connectivity index (χ2v) is 7.07. The summed E-state index contributed by atoms with van der Waals surface area (Å²) in [6.45, 7) is 1.91. The Morgan fingerprint density at radius 3 is 2.56 bits per heavy atom. The summed E-state index contributed by atoms with van der Waals surface area (Å²) in [6.07, 6.45) is 2.39. The SMILES string of the molecule is CC(CCCBr)NS(=O)(=O)CCc1ccccc1. The molecule has 18 heavy (non-hydrogen) atoms. The van der Waals surface area contributed by atoms with Crippen LogP contribution in [0, 0.1) is 0 Å². The van der Waals surface area contributed by atoms with Gasteiger partial charge in [0.2, 0.25) is 10.0 Å². The van der Waals surface area contributed by atoms with Crippen molar-refractivity contribution in [3.63, 3.8) is 0 Å². The average molecular weight is 334 g/mol. The van der Waals surface area contributed by atoms with Crippen LogP contribution in [0.2, 0.25) is 0 Å². The van der Waals surface area contributed by atoms with Crippen molar-refractivity contribution in [3.8, 4) is 0 Å². The number of rotatable bonds is 8. The van der Waals surface area contributed by atoms with Crippen molar-refractivity contribution >= 4 is 26.0 Å². The molecule has 0 saturated carbocycles. The van der Waals surface area contributed by atoms with E-state index in [1.54, 1.807) is 0 Å². The highest BCUT2D eigenvalue weighted by Gasteiger charge is 2.13. The van der Waals surface area contributed by atoms with Gasteiger partial charge in [-0.15, -0.1) is 0 Å². The van der Waals surface area contributed by atoms with Gasteiger partial charge in [-0.1, -0.05) is 46.3 Å². The molecule has 0 bridgehead atoms. The number of alkyl halides is 1. The zero-order valence-electron chi connectivity index (χ0n) is 10.6. The molecule has 3 nitrogen and oxygen atoms in total. The lowest BCUT2D eigenvalue weighted by atomic mass is 10.2. The van der Waals surface area contributed by atoms with Crippen LogP contribution in [-0.4, -0.2) is 25.5 Å². The Kier molecular flexibility index (Phi) is 6.89. The van der Waals surface area contributed by atoms with Crippen LogP contribution in [0.3, 0.4) is 0 Å². The molecule has 102 valence electrons. The van der Waals surface area contributed by atoms with Crippen LogP contribution < -0.4 is 4.72 Å². The molecule has 1 atom stereocenters. The third-order valence-corrected chi connectivity index (χ3v) is 4.72. The fourth-order valence-electron chi connectivity index (χ4n) is 1.70. The van der Waals surface area contributed by atoms with Crippen LogP contribution >= 0.6 is 15.9 Å². The van der Waals surface area contributed by atoms with E-state index in [1.165, 1.54) is 0 Å². The van der Waals surface area contributed by atoms with Crippen molar-refractivity contribution in [2.45, 2.75) is 32.2 Å². The highest BCUT2D eigenvalue weighted by Crippen LogP contribution is 2.04. The Bertz CT molecular complexity index is 434. The summed E-state index contributed by atoms with van der Waals surface area (Å²) in [6, 6.07) is 9.68. The number of nitrogens with one attached hydrogen (secondary N) is 1. The van der Waals surface area contributed by atoms with Gasteiger partial charge in [0.1, 0.15) is 0 Å². The average Bonchev–Trinajstić information content (AvgIpc) is 2.35. The highest BCUT2D eigenvalue weighted by atomic mass is 79.9. The van der Waals surface area contributed by atoms with E-state index in [2.05, 4.69) is 20.7 Å². The topological polar surface area (TPSA) is 46.2 Å². The standard InChI is InChI=1S/C13H20BrNO2S/c1-12(6-5-10-14)15-18(16,17)11-9-13-7-3-2-4-8-13/h2-4,7-8,12,15H,5-6,9-11H2,1H3. The molecule has 0 heterocycles. The summed E-state index contributed by atoms with van der Waals surface area (Å²) >= 11 is 3.34. The van der Waals surface area contributed by atoms with Crippen LogP contribution in [0.5, 0.6) is 0 Å². The molecule has 0 spiro atoms. The van der Waals surface area contributed by atoms with E-state index in [1.807, 2.05) is 37.3 Å². The van der Waals surface area contributed by atoms with Gasteiger partial charge in [-0.2, -0.15) is 0 Å². The second kappa shape index (κ2) is 7.92. The van der Waals surface area contributed by atoms with E-state index >= 15 is 0 Å². The minimum absolute atomic E-state index is 0.00308. The summed E-state index contributed by atoms with van der Waals surface area (Å²) in [5.74, 6) is 0.148. The van der Waals surface area contributed by atoms with E-state index in [0.29, 0.717) is 6.42 Å². The fraction of sp³-hybridized carbons (Fsp3) is 0.538. The summed E-state index contributed by atoms with van der Waals surface area (Å²) in [7, 11) is -3.17. The maximum atomic E-state index is 11.9. The van der Waals surface area contributed by atoms with E-state index in [0.717, 1.165) is 23.7 Å². The first kappa shape index (κ1) is 15.7. The Hall–Kier alpha value is -0.390. The number of benzene rings is 1. The molecule has 1 rings (SSSR count). The second-order valence-electron chi connectivity index (χ2n) is 4.40. The predicted octanol–water partition coefficient (Wildman–Crippen LogP) is 2.71. The molecule has 1 unspecified atom stereocenters. The minimum Gasteiger partial charge on any atom is -0.212 e. The molecule has 0 aliphatic heterocycles. The molecule has 1 aromatic carbocycles. The normalized spacial score (nSPS) is 13.4. The zero-order chi connectivity index (χ0) is 13.4. The largest absolute Gasteiger partial charge is 0.212 e. The summed E-state index contributed by atoms with van der Waals surface area (Å²) < 4.78 is 26.4. The van der Waals surface area contributed by atoms with Crippen molar-refractivity contribution in [3.05, 3.63) is 35.9 Å². The zero-order valence-corrected chi connectivity index (χ0v) is 13.0. The van der Waals surface area contributed by atoms with E-state index in [9.17, 15) is 8.42 Å². The van der Waals surface area contributed by atoms with E-state index in [4.69, 9.17) is 0 Å². The van der Waals surface area contributed by atoms with Crippen molar-refractivity contribution < 1.29 is 8.42 Å². The summed E-state index contributed by atoms with van der Waals surface area (Å²) in [5, 5.41) is 0.906. The Labute approximate surface area is 118 Å². The van der Waals surface area contributed by atoms with Crippen LogP contribution in [0.4, 0.5) is 0 Å². The van der Waals surface area contributed by atoms with Gasteiger partial charge in [-0.05, 0) is 31.7 Å². The van der Waals surface area contributed by atoms with Crippen LogP contribution in [-0.2, 0) is 16.4 Å². The number of sulfonamides is 1. The first-order valence-corrected chi connectivity index (χ1v) is 8.91. The third kappa shape index (κ3) is 6.52. The van der Waals surface area contributed by atoms with Crippen molar-refractivity contribution in [1.82, 2.24) is 4.72 Å². The lowest BCUT2D eigenvalue weighted by molar-refractivity contribution is 0.544. The lowest BCUT2D eigenvalue weighted by Gasteiger charge is -2.13. The molecular weight excluding hydrogens is 314 g/mol. The summed E-state index contributed by atoms with van der Waals surface area (Å²) in [5.41, 5.74) is 1.05. The van der Waals surface area contributed by atoms with E-state index in [-0.39, 0.29) is 11.8 Å². The molecule has 0 fully saturated rings. The predicted molar refractivity (Wildman–Crippen MR) is 79.6 cm³/mol. The van der Waals surface area contributed by atoms with Crippen LogP contribution in [0.1, 0.15) is 25.3 Å². The van der Waals surface area contributed by atoms with Gasteiger partial charge in [0, 0.05) is 11.4 Å².